The number of rotatable bonds is 2. The van der Waals surface area contributed by atoms with E-state index in [1.165, 1.54) is 19.1 Å². The van der Waals surface area contributed by atoms with Crippen LogP contribution >= 0.6 is 0 Å². The van der Waals surface area contributed by atoms with Gasteiger partial charge in [-0.15, -0.1) is 0 Å². The van der Waals surface area contributed by atoms with Crippen molar-refractivity contribution < 1.29 is 8.42 Å². The molecule has 0 atom stereocenters. The summed E-state index contributed by atoms with van der Waals surface area (Å²) in [5.41, 5.74) is -0.427. The fraction of sp³-hybridized carbons (Fsp3) is 0.167. The average molecular weight is 264 g/mol. The second-order valence-corrected chi connectivity index (χ2v) is 5.77. The van der Waals surface area contributed by atoms with Crippen molar-refractivity contribution in [3.63, 3.8) is 0 Å². The van der Waals surface area contributed by atoms with E-state index in [2.05, 4.69) is 9.97 Å². The maximum Gasteiger partial charge on any atom is 0.270 e. The number of aryl methyl sites for hydroxylation is 2. The third-order valence-electron chi connectivity index (χ3n) is 2.49. The summed E-state index contributed by atoms with van der Waals surface area (Å²) in [6, 6.07) is 7.84. The Morgan fingerprint density at radius 3 is 2.28 bits per heavy atom. The Bertz CT molecular complexity index is 734. The van der Waals surface area contributed by atoms with Gasteiger partial charge >= 0.3 is 0 Å². The fourth-order valence-corrected chi connectivity index (χ4v) is 3.23. The largest absolute Gasteiger partial charge is 0.310 e. The first-order valence-electron chi connectivity index (χ1n) is 5.30. The van der Waals surface area contributed by atoms with Gasteiger partial charge in [0.1, 0.15) is 5.82 Å². The van der Waals surface area contributed by atoms with Crippen LogP contribution < -0.4 is 5.56 Å². The van der Waals surface area contributed by atoms with Crippen molar-refractivity contribution in [2.24, 2.45) is 0 Å². The molecule has 5 nitrogen and oxygen atoms in total. The number of nitrogens with one attached hydrogen (secondary N) is 1. The van der Waals surface area contributed by atoms with E-state index in [-0.39, 0.29) is 15.5 Å². The second-order valence-electron chi connectivity index (χ2n) is 3.88. The van der Waals surface area contributed by atoms with Crippen LogP contribution in [0.2, 0.25) is 0 Å². The van der Waals surface area contributed by atoms with Crippen LogP contribution in [0.5, 0.6) is 0 Å². The maximum atomic E-state index is 12.3. The molecular formula is C12H12N2O3S. The highest BCUT2D eigenvalue weighted by atomic mass is 32.2. The lowest BCUT2D eigenvalue weighted by Crippen LogP contribution is -2.22. The van der Waals surface area contributed by atoms with Crippen molar-refractivity contribution in [2.75, 3.05) is 0 Å². The third kappa shape index (κ3) is 2.06. The molecule has 0 radical (unpaired) electrons. The first kappa shape index (κ1) is 12.5. The first-order valence-corrected chi connectivity index (χ1v) is 6.79. The molecule has 1 aromatic carbocycles. The number of hydrogen-bond donors (Lipinski definition) is 1. The zero-order valence-electron chi connectivity index (χ0n) is 9.97. The molecule has 0 aliphatic carbocycles. The highest BCUT2D eigenvalue weighted by Crippen LogP contribution is 2.19. The minimum absolute atomic E-state index is 0.0873. The Morgan fingerprint density at radius 1 is 1.11 bits per heavy atom. The van der Waals surface area contributed by atoms with E-state index in [0.29, 0.717) is 5.82 Å². The number of aromatic nitrogens is 2. The van der Waals surface area contributed by atoms with Gasteiger partial charge in [0.15, 0.2) is 4.90 Å². The molecule has 2 aromatic rings. The van der Waals surface area contributed by atoms with Crippen LogP contribution in [0.25, 0.3) is 0 Å². The van der Waals surface area contributed by atoms with Gasteiger partial charge in [0.25, 0.3) is 5.56 Å². The number of aromatic amines is 1. The van der Waals surface area contributed by atoms with Crippen LogP contribution in [0.4, 0.5) is 0 Å². The molecule has 0 amide bonds. The summed E-state index contributed by atoms with van der Waals surface area (Å²) in [7, 11) is -3.82. The SMILES string of the molecule is Cc1nc(C)c(S(=O)(=O)c2ccccc2)c(=O)[nH]1. The Hall–Kier alpha value is -1.95. The molecule has 0 aliphatic heterocycles. The van der Waals surface area contributed by atoms with E-state index in [1.807, 2.05) is 0 Å². The Labute approximate surface area is 104 Å². The highest BCUT2D eigenvalue weighted by molar-refractivity contribution is 7.91. The summed E-state index contributed by atoms with van der Waals surface area (Å²) in [6.45, 7) is 3.12. The molecule has 0 saturated carbocycles. The highest BCUT2D eigenvalue weighted by Gasteiger charge is 2.24. The monoisotopic (exact) mass is 264 g/mol. The molecule has 1 aromatic heterocycles. The first-order chi connectivity index (χ1) is 8.43. The Morgan fingerprint density at radius 2 is 1.72 bits per heavy atom. The minimum Gasteiger partial charge on any atom is -0.310 e. The van der Waals surface area contributed by atoms with E-state index in [4.69, 9.17) is 0 Å². The van der Waals surface area contributed by atoms with E-state index in [0.717, 1.165) is 0 Å². The molecule has 1 N–H and O–H groups in total. The lowest BCUT2D eigenvalue weighted by atomic mass is 10.4. The number of nitrogens with zero attached hydrogens (tertiary/aromatic N) is 1. The van der Waals surface area contributed by atoms with E-state index < -0.39 is 15.4 Å². The summed E-state index contributed by atoms with van der Waals surface area (Å²) >= 11 is 0. The van der Waals surface area contributed by atoms with Crippen LogP contribution in [0.1, 0.15) is 11.5 Å². The van der Waals surface area contributed by atoms with Crippen LogP contribution in [-0.4, -0.2) is 18.4 Å². The average Bonchev–Trinajstić information content (AvgIpc) is 2.28. The van der Waals surface area contributed by atoms with Gasteiger partial charge < -0.3 is 4.98 Å². The van der Waals surface area contributed by atoms with E-state index in [9.17, 15) is 13.2 Å². The normalized spacial score (nSPS) is 11.4. The number of hydrogen-bond acceptors (Lipinski definition) is 4. The smallest absolute Gasteiger partial charge is 0.270 e. The van der Waals surface area contributed by atoms with E-state index >= 15 is 0 Å². The summed E-state index contributed by atoms with van der Waals surface area (Å²) in [5.74, 6) is 0.393. The van der Waals surface area contributed by atoms with Crippen molar-refractivity contribution >= 4 is 9.84 Å². The fourth-order valence-electron chi connectivity index (χ4n) is 1.75. The summed E-state index contributed by atoms with van der Waals surface area (Å²) in [6.07, 6.45) is 0. The predicted octanol–water partition coefficient (Wildman–Crippen LogP) is 1.22. The van der Waals surface area contributed by atoms with Crippen molar-refractivity contribution in [3.05, 3.63) is 52.2 Å². The number of H-pyrrole nitrogens is 1. The molecule has 0 spiro atoms. The molecule has 94 valence electrons. The molecular weight excluding hydrogens is 252 g/mol. The van der Waals surface area contributed by atoms with Crippen molar-refractivity contribution in [1.29, 1.82) is 0 Å². The standard InChI is InChI=1S/C12H12N2O3S/c1-8-11(12(15)14-9(2)13-8)18(16,17)10-6-4-3-5-7-10/h3-7H,1-2H3,(H,13,14,15). The van der Waals surface area contributed by atoms with Gasteiger partial charge in [-0.05, 0) is 26.0 Å². The maximum absolute atomic E-state index is 12.3. The lowest BCUT2D eigenvalue weighted by molar-refractivity contribution is 0.592. The molecule has 0 fully saturated rings. The van der Waals surface area contributed by atoms with Gasteiger partial charge in [-0.25, -0.2) is 13.4 Å². The zero-order valence-corrected chi connectivity index (χ0v) is 10.8. The minimum atomic E-state index is -3.82. The molecule has 18 heavy (non-hydrogen) atoms. The molecule has 6 heteroatoms. The topological polar surface area (TPSA) is 79.9 Å². The van der Waals surface area contributed by atoms with Crippen LogP contribution in [-0.2, 0) is 9.84 Å². The lowest BCUT2D eigenvalue weighted by Gasteiger charge is -2.06. The number of sulfone groups is 1. The van der Waals surface area contributed by atoms with Gasteiger partial charge in [-0.1, -0.05) is 18.2 Å². The summed E-state index contributed by atoms with van der Waals surface area (Å²) in [5, 5.41) is 0. The molecule has 1 heterocycles. The molecule has 0 unspecified atom stereocenters. The molecule has 0 saturated heterocycles. The molecule has 0 bridgehead atoms. The van der Waals surface area contributed by atoms with Gasteiger partial charge in [0, 0.05) is 0 Å². The zero-order chi connectivity index (χ0) is 13.3. The second kappa shape index (κ2) is 4.38. The quantitative estimate of drug-likeness (QED) is 0.884. The third-order valence-corrected chi connectivity index (χ3v) is 4.40. The Balaban J connectivity index is 2.74. The van der Waals surface area contributed by atoms with Crippen molar-refractivity contribution in [2.45, 2.75) is 23.6 Å². The summed E-state index contributed by atoms with van der Waals surface area (Å²) in [4.78, 5) is 18.0. The van der Waals surface area contributed by atoms with Gasteiger partial charge in [-0.2, -0.15) is 0 Å². The predicted molar refractivity (Wildman–Crippen MR) is 66.2 cm³/mol. The van der Waals surface area contributed by atoms with Gasteiger partial charge in [0.2, 0.25) is 9.84 Å². The molecule has 2 rings (SSSR count). The van der Waals surface area contributed by atoms with Crippen LogP contribution in [0, 0.1) is 13.8 Å². The number of benzene rings is 1. The van der Waals surface area contributed by atoms with Gasteiger partial charge in [-0.3, -0.25) is 4.79 Å². The summed E-state index contributed by atoms with van der Waals surface area (Å²) < 4.78 is 24.7. The Kier molecular flexibility index (Phi) is 3.04. The van der Waals surface area contributed by atoms with Crippen molar-refractivity contribution in [1.82, 2.24) is 9.97 Å². The van der Waals surface area contributed by atoms with E-state index in [1.54, 1.807) is 25.1 Å². The van der Waals surface area contributed by atoms with Crippen LogP contribution in [0.15, 0.2) is 44.9 Å². The van der Waals surface area contributed by atoms with Gasteiger partial charge in [0.05, 0.1) is 10.6 Å². The van der Waals surface area contributed by atoms with Crippen molar-refractivity contribution in [3.8, 4) is 0 Å². The van der Waals surface area contributed by atoms with Crippen LogP contribution in [0.3, 0.4) is 0 Å². The molecule has 0 aliphatic rings.